The van der Waals surface area contributed by atoms with E-state index in [1.807, 2.05) is 0 Å². The monoisotopic (exact) mass is 532 g/mol. The lowest BCUT2D eigenvalue weighted by Crippen LogP contribution is -2.48. The summed E-state index contributed by atoms with van der Waals surface area (Å²) in [6.07, 6.45) is 1.48. The average molecular weight is 533 g/mol. The summed E-state index contributed by atoms with van der Waals surface area (Å²) in [5, 5.41) is 4.17. The smallest absolute Gasteiger partial charge is 0.280 e. The van der Waals surface area contributed by atoms with E-state index in [4.69, 9.17) is 0 Å². The molecule has 186 valence electrons. The second-order valence-corrected chi connectivity index (χ2v) is 8.28. The first kappa shape index (κ1) is 28.2. The number of carbonyl (C=O) groups is 1. The summed E-state index contributed by atoms with van der Waals surface area (Å²) in [6, 6.07) is 2.61. The van der Waals surface area contributed by atoms with E-state index < -0.39 is 12.2 Å². The van der Waals surface area contributed by atoms with Gasteiger partial charge < -0.3 is 4.90 Å². The Bertz CT molecular complexity index is 1190. The third-order valence-corrected chi connectivity index (χ3v) is 6.44. The van der Waals surface area contributed by atoms with Gasteiger partial charge in [0.05, 0.1) is 17.0 Å². The van der Waals surface area contributed by atoms with Gasteiger partial charge in [-0.3, -0.25) is 9.78 Å². The van der Waals surface area contributed by atoms with Crippen LogP contribution < -0.4 is 0 Å². The topological polar surface area (TPSA) is 76.3 Å². The molecule has 2 aliphatic rings. The van der Waals surface area contributed by atoms with E-state index in [9.17, 15) is 18.0 Å². The molecule has 5 rings (SSSR count). The zero-order valence-electron chi connectivity index (χ0n) is 18.6. The fourth-order valence-electron chi connectivity index (χ4n) is 5.15. The number of rotatable bonds is 3. The highest BCUT2D eigenvalue weighted by Gasteiger charge is 2.47. The molecule has 0 radical (unpaired) electrons. The summed E-state index contributed by atoms with van der Waals surface area (Å²) in [6.45, 7) is 3.26. The van der Waals surface area contributed by atoms with Gasteiger partial charge in [0.1, 0.15) is 12.0 Å². The molecule has 0 aromatic carbocycles. The Kier molecular flexibility index (Phi) is 8.92. The molecule has 2 saturated heterocycles. The number of halogens is 3. The van der Waals surface area contributed by atoms with Gasteiger partial charge in [0.2, 0.25) is 0 Å². The first-order chi connectivity index (χ1) is 14.8. The highest BCUT2D eigenvalue weighted by molar-refractivity contribution is 7.59. The number of amides is 1. The first-order valence-electron chi connectivity index (χ1n) is 10.3. The van der Waals surface area contributed by atoms with Crippen molar-refractivity contribution in [3.63, 3.8) is 0 Å². The maximum atomic E-state index is 14.8. The lowest BCUT2D eigenvalue weighted by molar-refractivity contribution is 0.0548. The van der Waals surface area contributed by atoms with Crippen LogP contribution in [0.5, 0.6) is 0 Å². The molecule has 1 amide bonds. The summed E-state index contributed by atoms with van der Waals surface area (Å²) >= 11 is 0. The maximum absolute atomic E-state index is 14.8. The van der Waals surface area contributed by atoms with Gasteiger partial charge in [-0.15, -0.1) is 0 Å². The fraction of sp³-hybridized carbons (Fsp3) is 0.476. The normalized spacial score (nSPS) is 21.1. The van der Waals surface area contributed by atoms with E-state index in [1.165, 1.54) is 29.9 Å². The number of hydrogen-bond donors (Lipinski definition) is 0. The van der Waals surface area contributed by atoms with E-state index in [0.29, 0.717) is 24.2 Å². The van der Waals surface area contributed by atoms with Crippen molar-refractivity contribution in [3.8, 4) is 0 Å². The van der Waals surface area contributed by atoms with Crippen LogP contribution in [-0.2, 0) is 0 Å². The summed E-state index contributed by atoms with van der Waals surface area (Å²) in [5.74, 6) is -1.10. The maximum Gasteiger partial charge on any atom is 0.280 e. The van der Waals surface area contributed by atoms with Gasteiger partial charge >= 0.3 is 0 Å². The lowest BCUT2D eigenvalue weighted by Gasteiger charge is -2.40. The molecule has 0 N–H and O–H groups in total. The van der Waals surface area contributed by atoms with Crippen molar-refractivity contribution in [1.82, 2.24) is 29.5 Å². The molecule has 2 fully saturated rings. The van der Waals surface area contributed by atoms with Gasteiger partial charge in [-0.1, -0.05) is 0 Å². The zero-order valence-corrected chi connectivity index (χ0v) is 21.6. The molecule has 3 aromatic rings. The van der Waals surface area contributed by atoms with Gasteiger partial charge in [-0.25, -0.2) is 22.7 Å². The minimum atomic E-state index is -2.74. The minimum Gasteiger partial charge on any atom is -0.332 e. The van der Waals surface area contributed by atoms with E-state index in [-0.39, 0.29) is 87.1 Å². The molecule has 3 atom stereocenters. The molecule has 0 unspecified atom stereocenters. The SMILES string of the molecule is Cc1cc(C(=O)N2[C@H]3CC[C@H](c4cc(C(F)F)nc5ncnn45)[C@@H]2CC3)c(F)c(C)n1.S.S.S. The molecule has 5 heterocycles. The second-order valence-electron chi connectivity index (χ2n) is 8.28. The summed E-state index contributed by atoms with van der Waals surface area (Å²) in [7, 11) is 0. The minimum absolute atomic E-state index is 0. The number of carbonyl (C=O) groups excluding carboxylic acids is 1. The van der Waals surface area contributed by atoms with Crippen LogP contribution in [0.3, 0.4) is 0 Å². The van der Waals surface area contributed by atoms with Gasteiger partial charge in [0.15, 0.2) is 5.82 Å². The highest BCUT2D eigenvalue weighted by atomic mass is 32.1. The summed E-state index contributed by atoms with van der Waals surface area (Å²) in [4.78, 5) is 27.1. The second kappa shape index (κ2) is 10.7. The Labute approximate surface area is 215 Å². The number of pyridine rings is 1. The third kappa shape index (κ3) is 4.61. The molecule has 0 spiro atoms. The quantitative estimate of drug-likeness (QED) is 0.508. The third-order valence-electron chi connectivity index (χ3n) is 6.44. The average Bonchev–Trinajstić information content (AvgIpc) is 3.32. The Balaban J connectivity index is 0.00000136. The van der Waals surface area contributed by atoms with Crippen LogP contribution in [0, 0.1) is 19.7 Å². The molecular formula is C21H27F3N6OS3. The number of aryl methyl sites for hydroxylation is 2. The molecular weight excluding hydrogens is 505 g/mol. The first-order valence-corrected chi connectivity index (χ1v) is 10.3. The number of alkyl halides is 2. The predicted molar refractivity (Wildman–Crippen MR) is 136 cm³/mol. The van der Waals surface area contributed by atoms with Gasteiger partial charge in [-0.05, 0) is 51.7 Å². The molecule has 2 bridgehead atoms. The fourth-order valence-corrected chi connectivity index (χ4v) is 5.15. The van der Waals surface area contributed by atoms with E-state index in [1.54, 1.807) is 11.8 Å². The largest absolute Gasteiger partial charge is 0.332 e. The van der Waals surface area contributed by atoms with Gasteiger partial charge in [0, 0.05) is 23.7 Å². The van der Waals surface area contributed by atoms with Crippen molar-refractivity contribution in [1.29, 1.82) is 0 Å². The molecule has 0 saturated carbocycles. The van der Waals surface area contributed by atoms with E-state index in [2.05, 4.69) is 20.1 Å². The number of nitrogens with zero attached hydrogens (tertiary/aromatic N) is 6. The summed E-state index contributed by atoms with van der Waals surface area (Å²) in [5.41, 5.74) is 0.965. The van der Waals surface area contributed by atoms with Crippen LogP contribution in [0.15, 0.2) is 18.5 Å². The zero-order chi connectivity index (χ0) is 21.9. The van der Waals surface area contributed by atoms with Crippen molar-refractivity contribution >= 4 is 52.2 Å². The Morgan fingerprint density at radius 3 is 2.47 bits per heavy atom. The Morgan fingerprint density at radius 1 is 1.06 bits per heavy atom. The molecule has 2 aliphatic heterocycles. The van der Waals surface area contributed by atoms with Crippen molar-refractivity contribution < 1.29 is 18.0 Å². The standard InChI is InChI=1S/C21H21F3N6O.3H2S/c1-10-7-14(18(22)11(2)27-10)20(31)29-12-3-5-13(16(29)6-4-12)17-8-15(19(23)24)28-21-25-9-26-30(17)21;;;/h7-9,12-13,16,19H,3-6H2,1-2H3;3*1H2/t12-,13-,16-;;;/m0.../s1. The lowest BCUT2D eigenvalue weighted by atomic mass is 9.86. The Morgan fingerprint density at radius 2 is 1.76 bits per heavy atom. The molecule has 13 heteroatoms. The molecule has 7 nitrogen and oxygen atoms in total. The van der Waals surface area contributed by atoms with Crippen LogP contribution in [0.2, 0.25) is 0 Å². The van der Waals surface area contributed by atoms with Crippen LogP contribution >= 0.6 is 40.5 Å². The number of piperidine rings is 1. The number of aromatic nitrogens is 5. The van der Waals surface area contributed by atoms with Crippen molar-refractivity contribution in [2.75, 3.05) is 0 Å². The number of fused-ring (bicyclic) bond motifs is 3. The molecule has 3 aromatic heterocycles. The molecule has 34 heavy (non-hydrogen) atoms. The van der Waals surface area contributed by atoms with Crippen molar-refractivity contribution in [2.45, 2.75) is 64.0 Å². The van der Waals surface area contributed by atoms with E-state index >= 15 is 0 Å². The van der Waals surface area contributed by atoms with Crippen LogP contribution in [0.1, 0.15) is 71.2 Å². The summed E-state index contributed by atoms with van der Waals surface area (Å²) < 4.78 is 43.1. The highest BCUT2D eigenvalue weighted by Crippen LogP contribution is 2.45. The predicted octanol–water partition coefficient (Wildman–Crippen LogP) is 4.10. The van der Waals surface area contributed by atoms with E-state index in [0.717, 1.165) is 12.8 Å². The van der Waals surface area contributed by atoms with Crippen LogP contribution in [0.25, 0.3) is 5.78 Å². The van der Waals surface area contributed by atoms with Crippen LogP contribution in [0.4, 0.5) is 13.2 Å². The molecule has 0 aliphatic carbocycles. The van der Waals surface area contributed by atoms with Crippen molar-refractivity contribution in [3.05, 3.63) is 52.6 Å². The van der Waals surface area contributed by atoms with Gasteiger partial charge in [0.25, 0.3) is 18.1 Å². The Hall–Kier alpha value is -1.99. The number of hydrogen-bond acceptors (Lipinski definition) is 5. The van der Waals surface area contributed by atoms with Crippen LogP contribution in [-0.4, -0.2) is 47.5 Å². The van der Waals surface area contributed by atoms with Crippen molar-refractivity contribution in [2.24, 2.45) is 0 Å². The van der Waals surface area contributed by atoms with Gasteiger partial charge in [-0.2, -0.15) is 50.6 Å².